The Bertz CT molecular complexity index is 1010. The number of carbonyl (C=O) groups excluding carboxylic acids is 1. The molecule has 9 heteroatoms. The fourth-order valence-electron chi connectivity index (χ4n) is 3.48. The number of halogens is 3. The van der Waals surface area contributed by atoms with Crippen molar-refractivity contribution in [3.8, 4) is 0 Å². The number of benzene rings is 2. The lowest BCUT2D eigenvalue weighted by atomic mass is 9.90. The van der Waals surface area contributed by atoms with Crippen LogP contribution in [0.1, 0.15) is 29.9 Å². The molecule has 1 saturated heterocycles. The monoisotopic (exact) mass is 459 g/mol. The number of nitrogens with zero attached hydrogens (tertiary/aromatic N) is 1. The molecule has 2 aromatic rings. The van der Waals surface area contributed by atoms with Crippen LogP contribution in [0.4, 0.5) is 4.39 Å². The summed E-state index contributed by atoms with van der Waals surface area (Å²) in [6.07, 6.45) is 1.41. The quantitative estimate of drug-likeness (QED) is 0.620. The number of hydrogen-bond donors (Lipinski definition) is 0. The Balaban J connectivity index is 1.89. The van der Waals surface area contributed by atoms with Gasteiger partial charge in [-0.2, -0.15) is 4.31 Å². The summed E-state index contributed by atoms with van der Waals surface area (Å²) < 4.78 is 45.2. The van der Waals surface area contributed by atoms with Crippen molar-refractivity contribution in [1.29, 1.82) is 0 Å². The van der Waals surface area contributed by atoms with Crippen LogP contribution in [0.15, 0.2) is 41.3 Å². The Morgan fingerprint density at radius 2 is 1.93 bits per heavy atom. The summed E-state index contributed by atoms with van der Waals surface area (Å²) in [5.74, 6) is -1.08. The minimum atomic E-state index is -3.76. The fourth-order valence-corrected chi connectivity index (χ4v) is 5.51. The third kappa shape index (κ3) is 4.91. The molecule has 1 unspecified atom stereocenters. The normalized spacial score (nSPS) is 17.9. The van der Waals surface area contributed by atoms with E-state index in [-0.39, 0.29) is 23.8 Å². The van der Waals surface area contributed by atoms with E-state index in [9.17, 15) is 17.6 Å². The predicted octanol–water partition coefficient (Wildman–Crippen LogP) is 4.42. The van der Waals surface area contributed by atoms with Crippen molar-refractivity contribution < 1.29 is 22.3 Å². The van der Waals surface area contributed by atoms with Crippen LogP contribution < -0.4 is 0 Å². The second-order valence-corrected chi connectivity index (χ2v) is 9.61. The molecule has 0 N–H and O–H groups in total. The SMILES string of the molecule is COC(=O)Cc1cc(Cl)c(Cl)c(C2CCCN(S(=O)(=O)c3ccc(F)cc3)C2)c1. The van der Waals surface area contributed by atoms with Crippen molar-refractivity contribution in [2.75, 3.05) is 20.2 Å². The first kappa shape index (κ1) is 22.0. The summed E-state index contributed by atoms with van der Waals surface area (Å²) in [7, 11) is -2.45. The van der Waals surface area contributed by atoms with Gasteiger partial charge in [-0.3, -0.25) is 4.79 Å². The third-order valence-electron chi connectivity index (χ3n) is 4.97. The minimum absolute atomic E-state index is 0.0446. The lowest BCUT2D eigenvalue weighted by molar-refractivity contribution is -0.139. The maximum Gasteiger partial charge on any atom is 0.309 e. The largest absolute Gasteiger partial charge is 0.469 e. The lowest BCUT2D eigenvalue weighted by Crippen LogP contribution is -2.39. The predicted molar refractivity (Wildman–Crippen MR) is 109 cm³/mol. The number of carbonyl (C=O) groups is 1. The van der Waals surface area contributed by atoms with Crippen LogP contribution in [0.25, 0.3) is 0 Å². The maximum absolute atomic E-state index is 13.2. The van der Waals surface area contributed by atoms with E-state index in [0.29, 0.717) is 34.1 Å². The van der Waals surface area contributed by atoms with E-state index in [1.165, 1.54) is 23.5 Å². The molecule has 1 aliphatic rings. The maximum atomic E-state index is 13.2. The summed E-state index contributed by atoms with van der Waals surface area (Å²) >= 11 is 12.7. The van der Waals surface area contributed by atoms with Gasteiger partial charge < -0.3 is 4.74 Å². The molecule has 0 amide bonds. The average Bonchev–Trinajstić information content (AvgIpc) is 2.71. The van der Waals surface area contributed by atoms with Gasteiger partial charge in [0.05, 0.1) is 28.5 Å². The van der Waals surface area contributed by atoms with Crippen LogP contribution >= 0.6 is 23.2 Å². The molecule has 2 aromatic carbocycles. The van der Waals surface area contributed by atoms with Gasteiger partial charge in [-0.25, -0.2) is 12.8 Å². The van der Waals surface area contributed by atoms with Gasteiger partial charge in [0.25, 0.3) is 0 Å². The highest BCUT2D eigenvalue weighted by Gasteiger charge is 2.32. The topological polar surface area (TPSA) is 63.7 Å². The summed E-state index contributed by atoms with van der Waals surface area (Å²) in [5.41, 5.74) is 1.36. The molecule has 0 aromatic heterocycles. The molecule has 0 bridgehead atoms. The van der Waals surface area contributed by atoms with Crippen molar-refractivity contribution in [3.63, 3.8) is 0 Å². The first-order chi connectivity index (χ1) is 13.7. The highest BCUT2D eigenvalue weighted by Crippen LogP contribution is 2.38. The number of methoxy groups -OCH3 is 1. The van der Waals surface area contributed by atoms with E-state index >= 15 is 0 Å². The third-order valence-corrected chi connectivity index (χ3v) is 7.66. The van der Waals surface area contributed by atoms with Crippen LogP contribution in [0.2, 0.25) is 10.0 Å². The highest BCUT2D eigenvalue weighted by molar-refractivity contribution is 7.89. The second-order valence-electron chi connectivity index (χ2n) is 6.89. The molecular weight excluding hydrogens is 440 g/mol. The zero-order chi connectivity index (χ0) is 21.2. The molecule has 0 aliphatic carbocycles. The van der Waals surface area contributed by atoms with Crippen molar-refractivity contribution >= 4 is 39.2 Å². The standard InChI is InChI=1S/C20H20Cl2FNO4S/c1-28-19(25)11-13-9-17(20(22)18(21)10-13)14-3-2-8-24(12-14)29(26,27)16-6-4-15(23)5-7-16/h4-7,9-10,14H,2-3,8,11-12H2,1H3. The van der Waals surface area contributed by atoms with Crippen LogP contribution in [0.3, 0.4) is 0 Å². The molecule has 29 heavy (non-hydrogen) atoms. The van der Waals surface area contributed by atoms with Crippen LogP contribution in [0.5, 0.6) is 0 Å². The van der Waals surface area contributed by atoms with E-state index in [2.05, 4.69) is 0 Å². The molecule has 0 saturated carbocycles. The van der Waals surface area contributed by atoms with Crippen LogP contribution in [-0.2, 0) is 26.0 Å². The van der Waals surface area contributed by atoms with Crippen molar-refractivity contribution in [1.82, 2.24) is 4.31 Å². The molecular formula is C20H20Cl2FNO4S. The molecule has 0 radical (unpaired) electrons. The Morgan fingerprint density at radius 3 is 2.59 bits per heavy atom. The first-order valence-electron chi connectivity index (χ1n) is 9.02. The summed E-state index contributed by atoms with van der Waals surface area (Å²) in [6.45, 7) is 0.584. The smallest absolute Gasteiger partial charge is 0.309 e. The van der Waals surface area contributed by atoms with Gasteiger partial charge >= 0.3 is 5.97 Å². The Hall–Kier alpha value is -1.67. The Kier molecular flexibility index (Phi) is 6.83. The Labute approximate surface area is 179 Å². The molecule has 1 heterocycles. The summed E-state index contributed by atoms with van der Waals surface area (Å²) in [6, 6.07) is 8.16. The molecule has 3 rings (SSSR count). The minimum Gasteiger partial charge on any atom is -0.469 e. The zero-order valence-corrected chi connectivity index (χ0v) is 18.0. The zero-order valence-electron chi connectivity index (χ0n) is 15.7. The van der Waals surface area contributed by atoms with Crippen molar-refractivity contribution in [3.05, 3.63) is 63.4 Å². The van der Waals surface area contributed by atoms with Gasteiger partial charge in [-0.1, -0.05) is 29.3 Å². The molecule has 156 valence electrons. The number of hydrogen-bond acceptors (Lipinski definition) is 4. The number of rotatable bonds is 5. The van der Waals surface area contributed by atoms with E-state index < -0.39 is 21.8 Å². The van der Waals surface area contributed by atoms with Crippen molar-refractivity contribution in [2.45, 2.75) is 30.1 Å². The second kappa shape index (κ2) is 9.00. The summed E-state index contributed by atoms with van der Waals surface area (Å²) in [5, 5.41) is 0.660. The fraction of sp³-hybridized carbons (Fsp3) is 0.350. The van der Waals surface area contributed by atoms with Gasteiger partial charge in [0.15, 0.2) is 0 Å². The number of sulfonamides is 1. The average molecular weight is 460 g/mol. The van der Waals surface area contributed by atoms with Crippen LogP contribution in [-0.4, -0.2) is 38.9 Å². The Morgan fingerprint density at radius 1 is 1.24 bits per heavy atom. The molecule has 1 atom stereocenters. The highest BCUT2D eigenvalue weighted by atomic mass is 35.5. The lowest BCUT2D eigenvalue weighted by Gasteiger charge is -2.33. The molecule has 5 nitrogen and oxygen atoms in total. The van der Waals surface area contributed by atoms with Gasteiger partial charge in [0, 0.05) is 13.1 Å². The van der Waals surface area contributed by atoms with E-state index in [4.69, 9.17) is 27.9 Å². The number of ether oxygens (including phenoxy) is 1. The number of piperidine rings is 1. The van der Waals surface area contributed by atoms with Gasteiger partial charge in [-0.05, 0) is 60.2 Å². The van der Waals surface area contributed by atoms with Gasteiger partial charge in [-0.15, -0.1) is 0 Å². The van der Waals surface area contributed by atoms with Crippen molar-refractivity contribution in [2.24, 2.45) is 0 Å². The molecule has 0 spiro atoms. The number of esters is 1. The van der Waals surface area contributed by atoms with E-state index in [1.54, 1.807) is 12.1 Å². The van der Waals surface area contributed by atoms with Gasteiger partial charge in [0.2, 0.25) is 10.0 Å². The van der Waals surface area contributed by atoms with E-state index in [1.807, 2.05) is 0 Å². The first-order valence-corrected chi connectivity index (χ1v) is 11.2. The molecule has 1 aliphatic heterocycles. The molecule has 1 fully saturated rings. The van der Waals surface area contributed by atoms with Gasteiger partial charge in [0.1, 0.15) is 5.82 Å². The van der Waals surface area contributed by atoms with E-state index in [0.717, 1.165) is 18.6 Å². The van der Waals surface area contributed by atoms with Crippen LogP contribution in [0, 0.1) is 5.82 Å². The summed E-state index contributed by atoms with van der Waals surface area (Å²) in [4.78, 5) is 11.7.